The molecule has 0 aromatic heterocycles. The molecule has 2 aliphatic rings. The highest BCUT2D eigenvalue weighted by Crippen LogP contribution is 2.69. The molecular formula is C48H37N3S. The Kier molecular flexibility index (Phi) is 7.02. The molecule has 0 aliphatic carbocycles. The minimum absolute atomic E-state index is 1.11. The van der Waals surface area contributed by atoms with Gasteiger partial charge in [-0.3, -0.25) is 0 Å². The van der Waals surface area contributed by atoms with Crippen molar-refractivity contribution in [1.82, 2.24) is 0 Å². The summed E-state index contributed by atoms with van der Waals surface area (Å²) >= 11 is 0. The first-order chi connectivity index (χ1) is 25.6. The van der Waals surface area contributed by atoms with Crippen LogP contribution >= 0.6 is 10.0 Å². The molecule has 250 valence electrons. The van der Waals surface area contributed by atoms with Gasteiger partial charge in [0.2, 0.25) is 0 Å². The number of hydrogen-bond donors (Lipinski definition) is 0. The lowest BCUT2D eigenvalue weighted by molar-refractivity contribution is 1.14. The van der Waals surface area contributed by atoms with Crippen molar-refractivity contribution in [3.05, 3.63) is 188 Å². The van der Waals surface area contributed by atoms with E-state index in [1.807, 2.05) is 0 Å². The van der Waals surface area contributed by atoms with Crippen LogP contribution in [0.4, 0.5) is 51.2 Å². The van der Waals surface area contributed by atoms with Crippen molar-refractivity contribution in [2.24, 2.45) is 0 Å². The molecule has 8 aromatic carbocycles. The van der Waals surface area contributed by atoms with Crippen molar-refractivity contribution in [2.75, 3.05) is 27.2 Å². The lowest BCUT2D eigenvalue weighted by Crippen LogP contribution is -2.22. The van der Waals surface area contributed by atoms with Crippen LogP contribution in [0.15, 0.2) is 198 Å². The molecule has 2 heterocycles. The van der Waals surface area contributed by atoms with Crippen LogP contribution in [0.3, 0.4) is 0 Å². The number of fused-ring (bicyclic) bond motifs is 4. The number of nitrogens with zero attached hydrogens (tertiary/aromatic N) is 3. The minimum Gasteiger partial charge on any atom is -0.311 e. The number of hydrogen-bond acceptors (Lipinski definition) is 3. The van der Waals surface area contributed by atoms with E-state index >= 15 is 0 Å². The second-order valence-corrected chi connectivity index (χ2v) is 17.4. The molecule has 0 unspecified atom stereocenters. The van der Waals surface area contributed by atoms with Gasteiger partial charge in [-0.05, 0) is 114 Å². The monoisotopic (exact) mass is 687 g/mol. The fraction of sp³-hybridized carbons (Fsp3) is 0.0417. The Morgan fingerprint density at radius 3 is 1.62 bits per heavy atom. The van der Waals surface area contributed by atoms with E-state index < -0.39 is 10.0 Å². The molecule has 0 atom stereocenters. The van der Waals surface area contributed by atoms with Crippen molar-refractivity contribution >= 4 is 72.0 Å². The van der Waals surface area contributed by atoms with E-state index in [0.717, 1.165) is 22.7 Å². The lowest BCUT2D eigenvalue weighted by Gasteiger charge is -2.46. The lowest BCUT2D eigenvalue weighted by atomic mass is 9.90. The molecule has 3 nitrogen and oxygen atoms in total. The van der Waals surface area contributed by atoms with Crippen molar-refractivity contribution in [1.29, 1.82) is 0 Å². The molecular weight excluding hydrogens is 651 g/mol. The summed E-state index contributed by atoms with van der Waals surface area (Å²) in [6.07, 6.45) is 4.91. The largest absolute Gasteiger partial charge is 0.311 e. The van der Waals surface area contributed by atoms with Gasteiger partial charge in [-0.1, -0.05) is 97.1 Å². The average molecular weight is 688 g/mol. The van der Waals surface area contributed by atoms with E-state index in [2.05, 4.69) is 215 Å². The SMILES string of the molecule is CS1(C)c2ccccc2N(c2ccccc2)c2cc3c(cc21)N(c1ccc(N(c2ccccc2)c2ccccc2)cc1)c1cccc2cccc-3c12. The Balaban J connectivity index is 1.20. The molecule has 0 saturated carbocycles. The Morgan fingerprint density at radius 1 is 0.385 bits per heavy atom. The number of rotatable bonds is 5. The molecule has 10 rings (SSSR count). The van der Waals surface area contributed by atoms with E-state index in [1.54, 1.807) is 0 Å². The Bertz CT molecular complexity index is 2560. The minimum atomic E-state index is -1.36. The predicted molar refractivity (Wildman–Crippen MR) is 223 cm³/mol. The van der Waals surface area contributed by atoms with Gasteiger partial charge in [-0.15, -0.1) is 0 Å². The van der Waals surface area contributed by atoms with Crippen LogP contribution in [-0.2, 0) is 0 Å². The van der Waals surface area contributed by atoms with Gasteiger partial charge >= 0.3 is 0 Å². The molecule has 0 bridgehead atoms. The molecule has 0 fully saturated rings. The van der Waals surface area contributed by atoms with E-state index in [0.29, 0.717) is 0 Å². The summed E-state index contributed by atoms with van der Waals surface area (Å²) in [6.45, 7) is 0. The summed E-state index contributed by atoms with van der Waals surface area (Å²) < 4.78 is 0. The maximum atomic E-state index is 2.51. The molecule has 0 radical (unpaired) electrons. The zero-order chi connectivity index (χ0) is 34.8. The normalized spacial score (nSPS) is 14.3. The zero-order valence-corrected chi connectivity index (χ0v) is 30.0. The van der Waals surface area contributed by atoms with E-state index in [1.165, 1.54) is 60.1 Å². The Morgan fingerprint density at radius 2 is 0.923 bits per heavy atom. The third-order valence-electron chi connectivity index (χ3n) is 10.6. The van der Waals surface area contributed by atoms with Crippen LogP contribution < -0.4 is 14.7 Å². The second-order valence-electron chi connectivity index (χ2n) is 13.8. The van der Waals surface area contributed by atoms with Gasteiger partial charge in [0.05, 0.1) is 22.7 Å². The molecule has 0 N–H and O–H groups in total. The predicted octanol–water partition coefficient (Wildman–Crippen LogP) is 14.0. The standard InChI is InChI=1S/C48H37N3S/c1-52(2)46-27-13-12-25-42(46)50(37-22-10-5-11-23-37)45-32-41-40-24-14-16-34-17-15-26-43(48(34)40)51(44(41)33-47(45)52)39-30-28-38(29-31-39)49(35-18-6-3-7-19-35)36-20-8-4-9-21-36/h3-33H,1-2H3. The first-order valence-electron chi connectivity index (χ1n) is 17.8. The average Bonchev–Trinajstić information content (AvgIpc) is 3.20. The zero-order valence-electron chi connectivity index (χ0n) is 29.1. The third kappa shape index (κ3) is 4.68. The highest BCUT2D eigenvalue weighted by Gasteiger charge is 2.37. The van der Waals surface area contributed by atoms with Gasteiger partial charge in [0.25, 0.3) is 0 Å². The molecule has 0 spiro atoms. The Hall–Kier alpha value is -6.23. The summed E-state index contributed by atoms with van der Waals surface area (Å²) in [7, 11) is -1.36. The summed E-state index contributed by atoms with van der Waals surface area (Å²) in [5.41, 5.74) is 13.2. The highest BCUT2D eigenvalue weighted by molar-refractivity contribution is 8.33. The van der Waals surface area contributed by atoms with Gasteiger partial charge in [-0.25, -0.2) is 0 Å². The molecule has 0 saturated heterocycles. The van der Waals surface area contributed by atoms with Crippen LogP contribution in [0, 0.1) is 0 Å². The van der Waals surface area contributed by atoms with Crippen LogP contribution in [0.2, 0.25) is 0 Å². The van der Waals surface area contributed by atoms with Crippen LogP contribution in [0.1, 0.15) is 0 Å². The summed E-state index contributed by atoms with van der Waals surface area (Å²) in [6, 6.07) is 68.6. The summed E-state index contributed by atoms with van der Waals surface area (Å²) in [5, 5.41) is 2.53. The second kappa shape index (κ2) is 11.9. The highest BCUT2D eigenvalue weighted by atomic mass is 32.3. The third-order valence-corrected chi connectivity index (χ3v) is 13.5. The number of anilines is 9. The number of para-hydroxylation sites is 4. The topological polar surface area (TPSA) is 9.72 Å². The van der Waals surface area contributed by atoms with Crippen LogP contribution in [0.5, 0.6) is 0 Å². The van der Waals surface area contributed by atoms with Crippen molar-refractivity contribution < 1.29 is 0 Å². The maximum Gasteiger partial charge on any atom is 0.0593 e. The van der Waals surface area contributed by atoms with Crippen molar-refractivity contribution in [3.63, 3.8) is 0 Å². The molecule has 4 heteroatoms. The van der Waals surface area contributed by atoms with Crippen molar-refractivity contribution in [2.45, 2.75) is 9.79 Å². The first-order valence-corrected chi connectivity index (χ1v) is 20.2. The van der Waals surface area contributed by atoms with E-state index in [4.69, 9.17) is 0 Å². The van der Waals surface area contributed by atoms with Gasteiger partial charge < -0.3 is 14.7 Å². The summed E-state index contributed by atoms with van der Waals surface area (Å²) in [4.78, 5) is 10.1. The van der Waals surface area contributed by atoms with E-state index in [9.17, 15) is 0 Å². The maximum absolute atomic E-state index is 2.51. The first kappa shape index (κ1) is 30.6. The van der Waals surface area contributed by atoms with Crippen molar-refractivity contribution in [3.8, 4) is 11.1 Å². The van der Waals surface area contributed by atoms with Gasteiger partial charge in [0.1, 0.15) is 0 Å². The quantitative estimate of drug-likeness (QED) is 0.178. The smallest absolute Gasteiger partial charge is 0.0593 e. The Labute approximate surface area is 307 Å². The van der Waals surface area contributed by atoms with Crippen LogP contribution in [-0.4, -0.2) is 12.5 Å². The molecule has 52 heavy (non-hydrogen) atoms. The van der Waals surface area contributed by atoms with E-state index in [-0.39, 0.29) is 0 Å². The molecule has 0 amide bonds. The fourth-order valence-corrected chi connectivity index (χ4v) is 10.6. The number of benzene rings is 8. The fourth-order valence-electron chi connectivity index (χ4n) is 8.21. The molecule has 8 aromatic rings. The van der Waals surface area contributed by atoms with Crippen LogP contribution in [0.25, 0.3) is 21.9 Å². The van der Waals surface area contributed by atoms with Gasteiger partial charge in [0.15, 0.2) is 0 Å². The van der Waals surface area contributed by atoms with Gasteiger partial charge in [-0.2, -0.15) is 10.0 Å². The molecule has 2 aliphatic heterocycles. The van der Waals surface area contributed by atoms with Gasteiger partial charge in [0, 0.05) is 49.2 Å². The summed E-state index contributed by atoms with van der Waals surface area (Å²) in [5.74, 6) is 0.